The molecule has 0 heterocycles. The van der Waals surface area contributed by atoms with Crippen LogP contribution in [0.25, 0.3) is 0 Å². The molecule has 4 heteroatoms. The van der Waals surface area contributed by atoms with Gasteiger partial charge in [-0.1, -0.05) is 24.3 Å². The van der Waals surface area contributed by atoms with Crippen molar-refractivity contribution in [3.05, 3.63) is 59.2 Å². The molecule has 0 saturated carbocycles. The highest BCUT2D eigenvalue weighted by Crippen LogP contribution is 2.23. The molecule has 0 atom stereocenters. The van der Waals surface area contributed by atoms with Crippen molar-refractivity contribution in [1.82, 2.24) is 0 Å². The summed E-state index contributed by atoms with van der Waals surface area (Å²) in [5.74, 6) is 0.0183. The summed E-state index contributed by atoms with van der Waals surface area (Å²) in [6.45, 7) is 3.68. The third kappa shape index (κ3) is 2.96. The lowest BCUT2D eigenvalue weighted by Gasteiger charge is -2.10. The average Bonchev–Trinajstić information content (AvgIpc) is 2.31. The van der Waals surface area contributed by atoms with Gasteiger partial charge in [-0.3, -0.25) is 0 Å². The quantitative estimate of drug-likeness (QED) is 0.876. The van der Waals surface area contributed by atoms with Gasteiger partial charge in [0.05, 0.1) is 10.6 Å². The van der Waals surface area contributed by atoms with Crippen molar-refractivity contribution < 1.29 is 8.42 Å². The smallest absolute Gasteiger partial charge is 0.182 e. The summed E-state index contributed by atoms with van der Waals surface area (Å²) in [4.78, 5) is 0.352. The minimum Gasteiger partial charge on any atom is -0.399 e. The third-order valence-corrected chi connectivity index (χ3v) is 4.96. The number of hydrogen-bond donors (Lipinski definition) is 1. The van der Waals surface area contributed by atoms with Crippen LogP contribution in [0.3, 0.4) is 0 Å². The van der Waals surface area contributed by atoms with E-state index in [1.54, 1.807) is 25.1 Å². The molecule has 2 aromatic carbocycles. The van der Waals surface area contributed by atoms with Crippen LogP contribution in [0.15, 0.2) is 47.4 Å². The molecule has 2 rings (SSSR count). The van der Waals surface area contributed by atoms with Gasteiger partial charge in [-0.05, 0) is 48.7 Å². The minimum atomic E-state index is -3.34. The van der Waals surface area contributed by atoms with Crippen LogP contribution in [0.1, 0.15) is 16.7 Å². The monoisotopic (exact) mass is 275 g/mol. The molecule has 2 N–H and O–H groups in total. The van der Waals surface area contributed by atoms with Crippen LogP contribution in [-0.2, 0) is 15.6 Å². The Morgan fingerprint density at radius 2 is 1.68 bits per heavy atom. The predicted octanol–water partition coefficient (Wildman–Crippen LogP) is 2.86. The summed E-state index contributed by atoms with van der Waals surface area (Å²) in [5, 5.41) is 0. The summed E-state index contributed by atoms with van der Waals surface area (Å²) in [7, 11) is -3.34. The fourth-order valence-electron chi connectivity index (χ4n) is 2.08. The van der Waals surface area contributed by atoms with Crippen molar-refractivity contribution in [3.63, 3.8) is 0 Å². The minimum absolute atomic E-state index is 0.0183. The number of nitrogen functional groups attached to an aromatic ring is 1. The second kappa shape index (κ2) is 5.05. The number of anilines is 1. The molecule has 0 aliphatic rings. The number of rotatable bonds is 3. The topological polar surface area (TPSA) is 60.2 Å². The standard InChI is InChI=1S/C15H17NO2S/c1-11-5-3-4-6-13(11)10-19(17,18)15-8-7-14(16)9-12(15)2/h3-9H,10,16H2,1-2H3. The van der Waals surface area contributed by atoms with Crippen molar-refractivity contribution in [2.24, 2.45) is 0 Å². The molecule has 0 aromatic heterocycles. The van der Waals surface area contributed by atoms with E-state index in [4.69, 9.17) is 5.73 Å². The number of hydrogen-bond acceptors (Lipinski definition) is 3. The first-order valence-electron chi connectivity index (χ1n) is 6.03. The highest BCUT2D eigenvalue weighted by molar-refractivity contribution is 7.90. The fraction of sp³-hybridized carbons (Fsp3) is 0.200. The summed E-state index contributed by atoms with van der Waals surface area (Å²) >= 11 is 0. The Morgan fingerprint density at radius 1 is 1.00 bits per heavy atom. The molecule has 0 saturated heterocycles. The van der Waals surface area contributed by atoms with Gasteiger partial charge in [0, 0.05) is 5.69 Å². The first-order valence-corrected chi connectivity index (χ1v) is 7.69. The molecule has 0 aliphatic heterocycles. The van der Waals surface area contributed by atoms with E-state index in [1.165, 1.54) is 0 Å². The highest BCUT2D eigenvalue weighted by atomic mass is 32.2. The van der Waals surface area contributed by atoms with E-state index in [1.807, 2.05) is 31.2 Å². The Bertz CT molecular complexity index is 706. The van der Waals surface area contributed by atoms with Crippen LogP contribution in [0.5, 0.6) is 0 Å². The first kappa shape index (κ1) is 13.6. The lowest BCUT2D eigenvalue weighted by atomic mass is 10.1. The molecule has 0 spiro atoms. The summed E-state index contributed by atoms with van der Waals surface area (Å²) in [6.07, 6.45) is 0. The van der Waals surface area contributed by atoms with Gasteiger partial charge in [-0.25, -0.2) is 8.42 Å². The number of aryl methyl sites for hydroxylation is 2. The molecule has 0 fully saturated rings. The van der Waals surface area contributed by atoms with Crippen LogP contribution >= 0.6 is 0 Å². The van der Waals surface area contributed by atoms with Crippen molar-refractivity contribution >= 4 is 15.5 Å². The third-order valence-electron chi connectivity index (χ3n) is 3.14. The molecule has 100 valence electrons. The molecule has 0 amide bonds. The van der Waals surface area contributed by atoms with E-state index < -0.39 is 9.84 Å². The predicted molar refractivity (Wildman–Crippen MR) is 77.7 cm³/mol. The van der Waals surface area contributed by atoms with E-state index in [0.29, 0.717) is 16.1 Å². The molecule has 0 aliphatic carbocycles. The van der Waals surface area contributed by atoms with Crippen LogP contribution in [0.4, 0.5) is 5.69 Å². The normalized spacial score (nSPS) is 11.5. The zero-order valence-corrected chi connectivity index (χ0v) is 11.9. The van der Waals surface area contributed by atoms with Gasteiger partial charge in [0.15, 0.2) is 9.84 Å². The van der Waals surface area contributed by atoms with Gasteiger partial charge in [0.25, 0.3) is 0 Å². The van der Waals surface area contributed by atoms with E-state index in [9.17, 15) is 8.42 Å². The first-order chi connectivity index (χ1) is 8.90. The second-order valence-electron chi connectivity index (χ2n) is 4.71. The van der Waals surface area contributed by atoms with Crippen LogP contribution < -0.4 is 5.73 Å². The van der Waals surface area contributed by atoms with Crippen molar-refractivity contribution in [2.45, 2.75) is 24.5 Å². The van der Waals surface area contributed by atoms with Gasteiger partial charge in [0.1, 0.15) is 0 Å². The summed E-state index contributed by atoms with van der Waals surface area (Å²) < 4.78 is 24.9. The maximum absolute atomic E-state index is 12.4. The Kier molecular flexibility index (Phi) is 3.62. The summed E-state index contributed by atoms with van der Waals surface area (Å²) in [6, 6.07) is 12.4. The lowest BCUT2D eigenvalue weighted by molar-refractivity contribution is 0.594. The maximum atomic E-state index is 12.4. The number of nitrogens with two attached hydrogens (primary N) is 1. The molecular weight excluding hydrogens is 258 g/mol. The molecule has 0 unspecified atom stereocenters. The number of benzene rings is 2. The Labute approximate surface area is 114 Å². The molecule has 3 nitrogen and oxygen atoms in total. The molecule has 0 bridgehead atoms. The van der Waals surface area contributed by atoms with Gasteiger partial charge in [-0.15, -0.1) is 0 Å². The van der Waals surface area contributed by atoms with Crippen molar-refractivity contribution in [1.29, 1.82) is 0 Å². The van der Waals surface area contributed by atoms with Crippen LogP contribution in [0, 0.1) is 13.8 Å². The summed E-state index contributed by atoms with van der Waals surface area (Å²) in [5.41, 5.74) is 8.73. The Morgan fingerprint density at radius 3 is 2.32 bits per heavy atom. The van der Waals surface area contributed by atoms with Gasteiger partial charge in [-0.2, -0.15) is 0 Å². The molecular formula is C15H17NO2S. The van der Waals surface area contributed by atoms with Gasteiger partial charge in [0.2, 0.25) is 0 Å². The number of sulfone groups is 1. The molecule has 0 radical (unpaired) electrons. The Hall–Kier alpha value is -1.81. The van der Waals surface area contributed by atoms with Crippen molar-refractivity contribution in [2.75, 3.05) is 5.73 Å². The zero-order chi connectivity index (χ0) is 14.0. The van der Waals surface area contributed by atoms with Gasteiger partial charge < -0.3 is 5.73 Å². The van der Waals surface area contributed by atoms with Crippen molar-refractivity contribution in [3.8, 4) is 0 Å². The SMILES string of the molecule is Cc1ccccc1CS(=O)(=O)c1ccc(N)cc1C. The van der Waals surface area contributed by atoms with Crippen LogP contribution in [0.2, 0.25) is 0 Å². The average molecular weight is 275 g/mol. The maximum Gasteiger partial charge on any atom is 0.182 e. The molecule has 19 heavy (non-hydrogen) atoms. The van der Waals surface area contributed by atoms with E-state index in [0.717, 1.165) is 11.1 Å². The van der Waals surface area contributed by atoms with Gasteiger partial charge >= 0.3 is 0 Å². The van der Waals surface area contributed by atoms with E-state index >= 15 is 0 Å². The van der Waals surface area contributed by atoms with Crippen LogP contribution in [-0.4, -0.2) is 8.42 Å². The Balaban J connectivity index is 2.41. The van der Waals surface area contributed by atoms with E-state index in [-0.39, 0.29) is 5.75 Å². The molecule has 2 aromatic rings. The second-order valence-corrected chi connectivity index (χ2v) is 6.67. The lowest BCUT2D eigenvalue weighted by Crippen LogP contribution is -2.08. The van der Waals surface area contributed by atoms with E-state index in [2.05, 4.69) is 0 Å². The zero-order valence-electron chi connectivity index (χ0n) is 11.1. The highest BCUT2D eigenvalue weighted by Gasteiger charge is 2.18. The largest absolute Gasteiger partial charge is 0.399 e. The fourth-order valence-corrected chi connectivity index (χ4v) is 3.79.